The molecule has 0 bridgehead atoms. The van der Waals surface area contributed by atoms with Crippen LogP contribution in [0.1, 0.15) is 5.82 Å². The Labute approximate surface area is 134 Å². The lowest BCUT2D eigenvalue weighted by Crippen LogP contribution is -2.03. The quantitative estimate of drug-likeness (QED) is 0.745. The van der Waals surface area contributed by atoms with E-state index in [1.807, 2.05) is 66.7 Å². The topological polar surface area (TPSA) is 42.9 Å². The molecule has 0 atom stereocenters. The van der Waals surface area contributed by atoms with Crippen molar-refractivity contribution in [1.82, 2.24) is 9.97 Å². The Kier molecular flexibility index (Phi) is 4.30. The number of thiol groups is 1. The molecule has 108 valence electrons. The molecule has 3 nitrogen and oxygen atoms in total. The molecular weight excluding hydrogens is 292 g/mol. The van der Waals surface area contributed by atoms with Crippen molar-refractivity contribution < 1.29 is 4.79 Å². The highest BCUT2D eigenvalue weighted by Crippen LogP contribution is 2.23. The molecule has 0 aliphatic carbocycles. The Balaban J connectivity index is 2.12. The molecule has 0 aliphatic rings. The summed E-state index contributed by atoms with van der Waals surface area (Å²) in [5.41, 5.74) is 3.60. The summed E-state index contributed by atoms with van der Waals surface area (Å²) in [7, 11) is 0. The van der Waals surface area contributed by atoms with Crippen LogP contribution in [0.3, 0.4) is 0 Å². The lowest BCUT2D eigenvalue weighted by Gasteiger charge is -2.08. The minimum Gasteiger partial charge on any atom is -0.287 e. The third-order valence-corrected chi connectivity index (χ3v) is 3.38. The summed E-state index contributed by atoms with van der Waals surface area (Å²) >= 11 is 3.83. The van der Waals surface area contributed by atoms with Crippen molar-refractivity contribution in [2.24, 2.45) is 0 Å². The summed E-state index contributed by atoms with van der Waals surface area (Å²) in [5, 5.41) is -0.246. The minimum atomic E-state index is -0.246. The van der Waals surface area contributed by atoms with Crippen LogP contribution < -0.4 is 0 Å². The number of aromatic nitrogens is 2. The van der Waals surface area contributed by atoms with Gasteiger partial charge in [-0.05, 0) is 6.07 Å². The average molecular weight is 306 g/mol. The van der Waals surface area contributed by atoms with Crippen LogP contribution in [0, 0.1) is 0 Å². The average Bonchev–Trinajstić information content (AvgIpc) is 2.55. The van der Waals surface area contributed by atoms with Crippen molar-refractivity contribution in [2.75, 3.05) is 0 Å². The molecule has 0 saturated carbocycles. The molecule has 3 aromatic rings. The Morgan fingerprint density at radius 3 is 1.68 bits per heavy atom. The van der Waals surface area contributed by atoms with Crippen molar-refractivity contribution in [1.29, 1.82) is 0 Å². The first-order chi connectivity index (χ1) is 10.7. The fourth-order valence-corrected chi connectivity index (χ4v) is 2.37. The molecule has 4 heteroatoms. The Hall–Kier alpha value is -2.46. The zero-order chi connectivity index (χ0) is 15.4. The molecular formula is C18H14N2OS. The smallest absolute Gasteiger partial charge is 0.193 e. The Bertz CT molecular complexity index is 731. The second-order valence-corrected chi connectivity index (χ2v) is 5.36. The van der Waals surface area contributed by atoms with E-state index in [9.17, 15) is 4.79 Å². The van der Waals surface area contributed by atoms with Gasteiger partial charge in [0.05, 0.1) is 17.8 Å². The highest BCUT2D eigenvalue weighted by Gasteiger charge is 2.10. The lowest BCUT2D eigenvalue weighted by molar-refractivity contribution is -0.110. The second kappa shape index (κ2) is 6.54. The van der Waals surface area contributed by atoms with E-state index in [0.29, 0.717) is 5.82 Å². The number of carbonyl (C=O) groups excluding carboxylic acids is 1. The maximum Gasteiger partial charge on any atom is 0.193 e. The fraction of sp³-hybridized carbons (Fsp3) is 0.0556. The molecule has 0 unspecified atom stereocenters. The van der Waals surface area contributed by atoms with Gasteiger partial charge in [0.1, 0.15) is 5.82 Å². The number of nitrogens with zero attached hydrogens (tertiary/aromatic N) is 2. The van der Waals surface area contributed by atoms with Crippen molar-refractivity contribution in [3.05, 3.63) is 72.6 Å². The summed E-state index contributed by atoms with van der Waals surface area (Å²) < 4.78 is 0. The van der Waals surface area contributed by atoms with Gasteiger partial charge in [-0.1, -0.05) is 60.7 Å². The van der Waals surface area contributed by atoms with Crippen molar-refractivity contribution in [3.8, 4) is 22.5 Å². The highest BCUT2D eigenvalue weighted by molar-refractivity contribution is 7.96. The molecule has 0 amide bonds. The molecule has 0 N–H and O–H groups in total. The zero-order valence-corrected chi connectivity index (χ0v) is 12.7. The number of hydrogen-bond donors (Lipinski definition) is 1. The van der Waals surface area contributed by atoms with Crippen LogP contribution in [-0.2, 0) is 11.2 Å². The van der Waals surface area contributed by atoms with Crippen LogP contribution in [0.4, 0.5) is 0 Å². The number of benzene rings is 2. The SMILES string of the molecule is O=C(S)Cc1nc(-c2ccccc2)cc(-c2ccccc2)n1. The molecule has 2 aromatic carbocycles. The van der Waals surface area contributed by atoms with Crippen LogP contribution in [0.25, 0.3) is 22.5 Å². The third-order valence-electron chi connectivity index (χ3n) is 3.22. The first-order valence-corrected chi connectivity index (χ1v) is 7.38. The van der Waals surface area contributed by atoms with Gasteiger partial charge in [0.15, 0.2) is 5.12 Å². The monoisotopic (exact) mass is 306 g/mol. The van der Waals surface area contributed by atoms with Gasteiger partial charge in [0.2, 0.25) is 0 Å². The van der Waals surface area contributed by atoms with Crippen molar-refractivity contribution in [3.63, 3.8) is 0 Å². The molecule has 0 saturated heterocycles. The summed E-state index contributed by atoms with van der Waals surface area (Å²) in [6.07, 6.45) is 0.115. The lowest BCUT2D eigenvalue weighted by atomic mass is 10.1. The summed E-state index contributed by atoms with van der Waals surface area (Å²) in [6.45, 7) is 0. The molecule has 0 spiro atoms. The molecule has 1 heterocycles. The van der Waals surface area contributed by atoms with E-state index in [2.05, 4.69) is 22.6 Å². The molecule has 22 heavy (non-hydrogen) atoms. The van der Waals surface area contributed by atoms with Gasteiger partial charge < -0.3 is 0 Å². The first kappa shape index (κ1) is 14.5. The van der Waals surface area contributed by atoms with E-state index < -0.39 is 0 Å². The van der Waals surface area contributed by atoms with Crippen LogP contribution in [0.15, 0.2) is 66.7 Å². The van der Waals surface area contributed by atoms with Crippen LogP contribution >= 0.6 is 12.6 Å². The van der Waals surface area contributed by atoms with Crippen molar-refractivity contribution in [2.45, 2.75) is 6.42 Å². The van der Waals surface area contributed by atoms with Crippen LogP contribution in [0.2, 0.25) is 0 Å². The van der Waals surface area contributed by atoms with E-state index in [-0.39, 0.29) is 11.5 Å². The van der Waals surface area contributed by atoms with E-state index >= 15 is 0 Å². The largest absolute Gasteiger partial charge is 0.287 e. The van der Waals surface area contributed by atoms with E-state index in [0.717, 1.165) is 22.5 Å². The summed E-state index contributed by atoms with van der Waals surface area (Å²) in [5.74, 6) is 0.486. The molecule has 0 aliphatic heterocycles. The van der Waals surface area contributed by atoms with Gasteiger partial charge >= 0.3 is 0 Å². The summed E-state index contributed by atoms with van der Waals surface area (Å²) in [4.78, 5) is 20.3. The van der Waals surface area contributed by atoms with Crippen LogP contribution in [0.5, 0.6) is 0 Å². The Morgan fingerprint density at radius 2 is 1.27 bits per heavy atom. The standard InChI is InChI=1S/C18H14N2OS/c21-18(22)12-17-19-15(13-7-3-1-4-8-13)11-16(20-17)14-9-5-2-6-10-14/h1-11H,12H2,(H,21,22). The predicted octanol–water partition coefficient (Wildman–Crippen LogP) is 3.81. The van der Waals surface area contributed by atoms with E-state index in [1.165, 1.54) is 0 Å². The second-order valence-electron chi connectivity index (χ2n) is 4.86. The van der Waals surface area contributed by atoms with Gasteiger partial charge in [-0.3, -0.25) is 4.79 Å². The van der Waals surface area contributed by atoms with E-state index in [4.69, 9.17) is 0 Å². The molecule has 0 radical (unpaired) electrons. The zero-order valence-electron chi connectivity index (χ0n) is 11.8. The van der Waals surface area contributed by atoms with Gasteiger partial charge in [0, 0.05) is 11.1 Å². The molecule has 1 aromatic heterocycles. The first-order valence-electron chi connectivity index (χ1n) is 6.93. The fourth-order valence-electron chi connectivity index (χ4n) is 2.23. The van der Waals surface area contributed by atoms with E-state index in [1.54, 1.807) is 0 Å². The molecule has 3 rings (SSSR count). The van der Waals surface area contributed by atoms with Gasteiger partial charge in [-0.2, -0.15) is 0 Å². The number of hydrogen-bond acceptors (Lipinski definition) is 3. The summed E-state index contributed by atoms with van der Waals surface area (Å²) in [6, 6.07) is 21.7. The van der Waals surface area contributed by atoms with Crippen molar-refractivity contribution >= 4 is 17.7 Å². The normalized spacial score (nSPS) is 10.4. The highest BCUT2D eigenvalue weighted by atomic mass is 32.1. The van der Waals surface area contributed by atoms with Gasteiger partial charge in [0.25, 0.3) is 0 Å². The Morgan fingerprint density at radius 1 is 0.818 bits per heavy atom. The number of carbonyl (C=O) groups is 1. The number of rotatable bonds is 4. The maximum absolute atomic E-state index is 11.3. The third kappa shape index (κ3) is 3.40. The maximum atomic E-state index is 11.3. The molecule has 0 fully saturated rings. The van der Waals surface area contributed by atoms with Gasteiger partial charge in [-0.15, -0.1) is 12.6 Å². The predicted molar refractivity (Wildman–Crippen MR) is 90.6 cm³/mol. The van der Waals surface area contributed by atoms with Crippen LogP contribution in [-0.4, -0.2) is 15.1 Å². The van der Waals surface area contributed by atoms with Gasteiger partial charge in [-0.25, -0.2) is 9.97 Å². The minimum absolute atomic E-state index is 0.115.